The minimum absolute atomic E-state index is 0.0295. The maximum Gasteiger partial charge on any atom is 0.284 e. The predicted molar refractivity (Wildman–Crippen MR) is 113 cm³/mol. The molecule has 1 aliphatic carbocycles. The fourth-order valence-corrected chi connectivity index (χ4v) is 3.58. The summed E-state index contributed by atoms with van der Waals surface area (Å²) in [4.78, 5) is 36.6. The Hall–Kier alpha value is -5.49. The molecule has 0 N–H and O–H groups in total. The van der Waals surface area contributed by atoms with Crippen LogP contribution < -0.4 is 0 Å². The zero-order valence-electron chi connectivity index (χ0n) is 16.3. The predicted octanol–water partition coefficient (Wildman–Crippen LogP) is 4.30. The third-order valence-electron chi connectivity index (χ3n) is 4.99. The number of nitrogens with zero attached hydrogens (tertiary/aromatic N) is 6. The summed E-state index contributed by atoms with van der Waals surface area (Å²) in [6.45, 7) is 0. The standard InChI is InChI=1S/C21H8N6O6/c22-9-11-1-2-13(5-12(11)10-23)24-21-17-6-14(25(28)29)3-4-16(17)20-18(21)7-15(26(30)31)8-19(20)27(32)33/h1-8H. The summed E-state index contributed by atoms with van der Waals surface area (Å²) in [5.74, 6) is 0. The molecule has 33 heavy (non-hydrogen) atoms. The van der Waals surface area contributed by atoms with Gasteiger partial charge in [-0.3, -0.25) is 30.3 Å². The van der Waals surface area contributed by atoms with E-state index < -0.39 is 26.1 Å². The Morgan fingerprint density at radius 1 is 0.697 bits per heavy atom. The van der Waals surface area contributed by atoms with E-state index in [4.69, 9.17) is 5.26 Å². The van der Waals surface area contributed by atoms with Gasteiger partial charge in [-0.05, 0) is 29.8 Å². The molecule has 158 valence electrons. The van der Waals surface area contributed by atoms with Crippen LogP contribution in [0.5, 0.6) is 0 Å². The Kier molecular flexibility index (Phi) is 4.81. The van der Waals surface area contributed by atoms with Crippen molar-refractivity contribution in [2.45, 2.75) is 0 Å². The number of fused-ring (bicyclic) bond motifs is 3. The van der Waals surface area contributed by atoms with Crippen molar-refractivity contribution in [3.63, 3.8) is 0 Å². The van der Waals surface area contributed by atoms with Crippen molar-refractivity contribution in [1.82, 2.24) is 0 Å². The molecule has 0 saturated heterocycles. The Bertz CT molecular complexity index is 1530. The Morgan fingerprint density at radius 2 is 1.36 bits per heavy atom. The van der Waals surface area contributed by atoms with E-state index in [2.05, 4.69) is 4.99 Å². The first kappa shape index (κ1) is 20.8. The van der Waals surface area contributed by atoms with Gasteiger partial charge in [0.05, 0.1) is 48.9 Å². The van der Waals surface area contributed by atoms with Crippen LogP contribution in [-0.2, 0) is 0 Å². The minimum atomic E-state index is -0.786. The molecule has 0 aliphatic heterocycles. The molecule has 0 bridgehead atoms. The van der Waals surface area contributed by atoms with Gasteiger partial charge in [-0.15, -0.1) is 0 Å². The van der Waals surface area contributed by atoms with Crippen LogP contribution in [0.2, 0.25) is 0 Å². The summed E-state index contributed by atoms with van der Waals surface area (Å²) in [7, 11) is 0. The lowest BCUT2D eigenvalue weighted by atomic mass is 10.0. The molecule has 0 heterocycles. The first-order valence-corrected chi connectivity index (χ1v) is 9.04. The van der Waals surface area contributed by atoms with E-state index in [-0.39, 0.29) is 50.5 Å². The first-order valence-electron chi connectivity index (χ1n) is 9.04. The summed E-state index contributed by atoms with van der Waals surface area (Å²) >= 11 is 0. The van der Waals surface area contributed by atoms with Crippen molar-refractivity contribution in [3.05, 3.63) is 101 Å². The van der Waals surface area contributed by atoms with Crippen LogP contribution in [0.4, 0.5) is 22.7 Å². The summed E-state index contributed by atoms with van der Waals surface area (Å²) in [6.07, 6.45) is 0. The van der Waals surface area contributed by atoms with Crippen molar-refractivity contribution < 1.29 is 14.8 Å². The van der Waals surface area contributed by atoms with Crippen molar-refractivity contribution in [1.29, 1.82) is 10.5 Å². The second kappa shape index (κ2) is 7.64. The zero-order valence-corrected chi connectivity index (χ0v) is 16.3. The Morgan fingerprint density at radius 3 is 1.97 bits per heavy atom. The zero-order chi connectivity index (χ0) is 23.9. The van der Waals surface area contributed by atoms with Crippen molar-refractivity contribution in [2.24, 2.45) is 4.99 Å². The fourth-order valence-electron chi connectivity index (χ4n) is 3.58. The van der Waals surface area contributed by atoms with Gasteiger partial charge in [-0.2, -0.15) is 10.5 Å². The van der Waals surface area contributed by atoms with Crippen molar-refractivity contribution in [3.8, 4) is 23.3 Å². The highest BCUT2D eigenvalue weighted by Gasteiger charge is 2.36. The minimum Gasteiger partial charge on any atom is -0.258 e. The monoisotopic (exact) mass is 440 g/mol. The highest BCUT2D eigenvalue weighted by atomic mass is 16.6. The van der Waals surface area contributed by atoms with Gasteiger partial charge in [-0.25, -0.2) is 4.99 Å². The molecule has 3 aromatic rings. The highest BCUT2D eigenvalue weighted by molar-refractivity contribution is 6.27. The third-order valence-corrected chi connectivity index (χ3v) is 4.99. The van der Waals surface area contributed by atoms with E-state index in [0.29, 0.717) is 0 Å². The second-order valence-corrected chi connectivity index (χ2v) is 6.80. The molecule has 0 aromatic heterocycles. The number of non-ortho nitro benzene ring substituents is 2. The highest BCUT2D eigenvalue weighted by Crippen LogP contribution is 2.46. The van der Waals surface area contributed by atoms with Crippen LogP contribution in [0.1, 0.15) is 22.3 Å². The maximum atomic E-state index is 11.7. The lowest BCUT2D eigenvalue weighted by molar-refractivity contribution is -0.393. The molecular formula is C21H8N6O6. The van der Waals surface area contributed by atoms with Gasteiger partial charge in [0.1, 0.15) is 12.1 Å². The summed E-state index contributed by atoms with van der Waals surface area (Å²) in [5, 5.41) is 52.8. The lowest BCUT2D eigenvalue weighted by Gasteiger charge is -2.04. The van der Waals surface area contributed by atoms with Crippen LogP contribution in [-0.4, -0.2) is 20.5 Å². The number of hydrogen-bond donors (Lipinski definition) is 0. The average molecular weight is 440 g/mol. The number of nitriles is 2. The van der Waals surface area contributed by atoms with Crippen LogP contribution >= 0.6 is 0 Å². The topological polar surface area (TPSA) is 189 Å². The molecular weight excluding hydrogens is 432 g/mol. The van der Waals surface area contributed by atoms with Crippen molar-refractivity contribution >= 4 is 28.5 Å². The molecule has 0 radical (unpaired) electrons. The molecule has 1 aliphatic rings. The van der Waals surface area contributed by atoms with Crippen LogP contribution in [0.25, 0.3) is 11.1 Å². The fraction of sp³-hybridized carbons (Fsp3) is 0. The van der Waals surface area contributed by atoms with Crippen LogP contribution in [0.15, 0.2) is 53.5 Å². The molecule has 0 fully saturated rings. The second-order valence-electron chi connectivity index (χ2n) is 6.80. The molecule has 0 atom stereocenters. The molecule has 4 rings (SSSR count). The van der Waals surface area contributed by atoms with Gasteiger partial charge >= 0.3 is 0 Å². The number of nitro groups is 3. The number of hydrogen-bond acceptors (Lipinski definition) is 9. The molecule has 0 amide bonds. The van der Waals surface area contributed by atoms with Gasteiger partial charge < -0.3 is 0 Å². The third kappa shape index (κ3) is 3.39. The summed E-state index contributed by atoms with van der Waals surface area (Å²) in [5.41, 5.74) is -0.524. The molecule has 12 nitrogen and oxygen atoms in total. The molecule has 12 heteroatoms. The maximum absolute atomic E-state index is 11.7. The van der Waals surface area contributed by atoms with E-state index in [1.54, 1.807) is 0 Å². The largest absolute Gasteiger partial charge is 0.284 e. The van der Waals surface area contributed by atoms with E-state index >= 15 is 0 Å². The number of nitro benzene ring substituents is 3. The van der Waals surface area contributed by atoms with Crippen molar-refractivity contribution in [2.75, 3.05) is 0 Å². The van der Waals surface area contributed by atoms with Gasteiger partial charge in [0.25, 0.3) is 17.1 Å². The summed E-state index contributed by atoms with van der Waals surface area (Å²) < 4.78 is 0. The van der Waals surface area contributed by atoms with Gasteiger partial charge in [0, 0.05) is 29.3 Å². The Labute approximate surface area is 183 Å². The van der Waals surface area contributed by atoms with E-state index in [1.165, 1.54) is 36.4 Å². The first-order chi connectivity index (χ1) is 15.7. The number of benzene rings is 3. The van der Waals surface area contributed by atoms with E-state index in [0.717, 1.165) is 12.1 Å². The van der Waals surface area contributed by atoms with E-state index in [9.17, 15) is 35.6 Å². The van der Waals surface area contributed by atoms with Gasteiger partial charge in [0.2, 0.25) is 0 Å². The smallest absolute Gasteiger partial charge is 0.258 e. The van der Waals surface area contributed by atoms with E-state index in [1.807, 2.05) is 12.1 Å². The average Bonchev–Trinajstić information content (AvgIpc) is 3.10. The normalized spacial score (nSPS) is 12.4. The molecule has 3 aromatic carbocycles. The summed E-state index contributed by atoms with van der Waals surface area (Å²) in [6, 6.07) is 13.4. The SMILES string of the molecule is N#Cc1ccc(N=C2c3cc([N+](=O)[O-])ccc3-c3c2cc([N+](=O)[O-])cc3[N+](=O)[O-])cc1C#N. The van der Waals surface area contributed by atoms with Gasteiger partial charge in [-0.1, -0.05) is 0 Å². The van der Waals surface area contributed by atoms with Gasteiger partial charge in [0.15, 0.2) is 0 Å². The Balaban J connectivity index is 2.08. The lowest BCUT2D eigenvalue weighted by Crippen LogP contribution is -2.01. The van der Waals surface area contributed by atoms with Crippen LogP contribution in [0, 0.1) is 53.0 Å². The van der Waals surface area contributed by atoms with Crippen LogP contribution in [0.3, 0.4) is 0 Å². The number of aliphatic imine (C=N–C) groups is 1. The molecule has 0 saturated carbocycles. The quantitative estimate of drug-likeness (QED) is 0.331. The number of rotatable bonds is 4. The molecule has 0 spiro atoms. The molecule has 0 unspecified atom stereocenters.